The van der Waals surface area contributed by atoms with E-state index in [1.807, 2.05) is 45.2 Å². The first-order chi connectivity index (χ1) is 8.53. The van der Waals surface area contributed by atoms with E-state index >= 15 is 0 Å². The largest absolute Gasteiger partial charge is 0.389 e. The molecule has 0 fully saturated rings. The second kappa shape index (κ2) is 5.08. The van der Waals surface area contributed by atoms with Gasteiger partial charge in [0.25, 0.3) is 0 Å². The van der Waals surface area contributed by atoms with Gasteiger partial charge in [-0.1, -0.05) is 13.0 Å². The summed E-state index contributed by atoms with van der Waals surface area (Å²) in [5, 5.41) is 13.3. The first-order valence-corrected chi connectivity index (χ1v) is 6.39. The number of aliphatic hydroxyl groups is 1. The molecule has 18 heavy (non-hydrogen) atoms. The number of imidazole rings is 1. The average Bonchev–Trinajstić information content (AvgIpc) is 2.66. The zero-order valence-electron chi connectivity index (χ0n) is 11.3. The van der Waals surface area contributed by atoms with Crippen molar-refractivity contribution < 1.29 is 5.11 Å². The van der Waals surface area contributed by atoms with Crippen molar-refractivity contribution in [3.63, 3.8) is 0 Å². The molecular weight excluding hydrogens is 226 g/mol. The Morgan fingerprint density at radius 3 is 2.94 bits per heavy atom. The van der Waals surface area contributed by atoms with E-state index in [2.05, 4.69) is 14.7 Å². The van der Waals surface area contributed by atoms with Crippen LogP contribution in [0.2, 0.25) is 0 Å². The first kappa shape index (κ1) is 13.1. The maximum atomic E-state index is 9.95. The maximum Gasteiger partial charge on any atom is 0.137 e. The minimum absolute atomic E-state index is 0.586. The number of aryl methyl sites for hydroxylation is 1. The molecule has 0 spiro atoms. The Morgan fingerprint density at radius 2 is 2.22 bits per heavy atom. The van der Waals surface area contributed by atoms with Crippen LogP contribution in [0.25, 0.3) is 5.65 Å². The monoisotopic (exact) mass is 247 g/mol. The van der Waals surface area contributed by atoms with Gasteiger partial charge in [-0.15, -0.1) is 0 Å². The van der Waals surface area contributed by atoms with Crippen molar-refractivity contribution in [2.24, 2.45) is 0 Å². The highest BCUT2D eigenvalue weighted by Gasteiger charge is 2.17. The van der Waals surface area contributed by atoms with Gasteiger partial charge in [0, 0.05) is 19.3 Å². The molecule has 98 valence electrons. The van der Waals surface area contributed by atoms with Gasteiger partial charge in [-0.25, -0.2) is 4.98 Å². The third kappa shape index (κ3) is 2.71. The van der Waals surface area contributed by atoms with Crippen LogP contribution in [-0.2, 0) is 6.54 Å². The molecule has 0 aliphatic heterocycles. The summed E-state index contributed by atoms with van der Waals surface area (Å²) in [6, 6.07) is 5.99. The lowest BCUT2D eigenvalue weighted by molar-refractivity contribution is 0.0554. The van der Waals surface area contributed by atoms with Crippen LogP contribution in [0.3, 0.4) is 0 Å². The maximum absolute atomic E-state index is 9.95. The van der Waals surface area contributed by atoms with E-state index in [4.69, 9.17) is 0 Å². The summed E-state index contributed by atoms with van der Waals surface area (Å²) >= 11 is 0. The number of nitrogens with zero attached hydrogens (tertiary/aromatic N) is 2. The van der Waals surface area contributed by atoms with Crippen LogP contribution < -0.4 is 5.32 Å². The smallest absolute Gasteiger partial charge is 0.137 e. The second-order valence-corrected chi connectivity index (χ2v) is 5.03. The third-order valence-corrected chi connectivity index (χ3v) is 3.39. The molecule has 1 atom stereocenters. The lowest BCUT2D eigenvalue weighted by atomic mass is 10.0. The zero-order valence-corrected chi connectivity index (χ0v) is 11.3. The van der Waals surface area contributed by atoms with Crippen molar-refractivity contribution in [3.8, 4) is 0 Å². The first-order valence-electron chi connectivity index (χ1n) is 6.39. The summed E-state index contributed by atoms with van der Waals surface area (Å²) in [5.41, 5.74) is 2.50. The Hall–Kier alpha value is -1.39. The Bertz CT molecular complexity index is 531. The van der Waals surface area contributed by atoms with Crippen LogP contribution in [0.5, 0.6) is 0 Å². The number of hydrogen-bond acceptors (Lipinski definition) is 3. The van der Waals surface area contributed by atoms with Crippen LogP contribution in [0.1, 0.15) is 31.7 Å². The SMILES string of the molecule is CCC(C)(O)CNCc1c(C)nc2ccccn12. The summed E-state index contributed by atoms with van der Waals surface area (Å²) < 4.78 is 2.09. The molecule has 2 aromatic rings. The molecule has 2 rings (SSSR count). The highest BCUT2D eigenvalue weighted by molar-refractivity contribution is 5.42. The van der Waals surface area contributed by atoms with Crippen molar-refractivity contribution in [2.45, 2.75) is 39.3 Å². The second-order valence-electron chi connectivity index (χ2n) is 5.03. The minimum atomic E-state index is -0.644. The van der Waals surface area contributed by atoms with Gasteiger partial charge in [0.1, 0.15) is 5.65 Å². The van der Waals surface area contributed by atoms with Gasteiger partial charge >= 0.3 is 0 Å². The molecule has 0 saturated carbocycles. The highest BCUT2D eigenvalue weighted by Crippen LogP contribution is 2.12. The van der Waals surface area contributed by atoms with Crippen molar-refractivity contribution in [1.29, 1.82) is 0 Å². The molecule has 2 aromatic heterocycles. The summed E-state index contributed by atoms with van der Waals surface area (Å²) in [4.78, 5) is 4.51. The number of nitrogens with one attached hydrogen (secondary N) is 1. The average molecular weight is 247 g/mol. The van der Waals surface area contributed by atoms with Gasteiger partial charge in [-0.2, -0.15) is 0 Å². The van der Waals surface area contributed by atoms with E-state index in [-0.39, 0.29) is 0 Å². The van der Waals surface area contributed by atoms with Crippen molar-refractivity contribution in [1.82, 2.24) is 14.7 Å². The Morgan fingerprint density at radius 1 is 1.44 bits per heavy atom. The van der Waals surface area contributed by atoms with E-state index in [0.29, 0.717) is 13.1 Å². The van der Waals surface area contributed by atoms with Crippen LogP contribution in [0.4, 0.5) is 0 Å². The molecule has 0 aliphatic carbocycles. The topological polar surface area (TPSA) is 49.6 Å². The fourth-order valence-corrected chi connectivity index (χ4v) is 1.95. The lowest BCUT2D eigenvalue weighted by Crippen LogP contribution is -2.37. The summed E-state index contributed by atoms with van der Waals surface area (Å²) in [5.74, 6) is 0. The molecule has 0 bridgehead atoms. The zero-order chi connectivity index (χ0) is 13.2. The van der Waals surface area contributed by atoms with E-state index in [1.54, 1.807) is 0 Å². The predicted molar refractivity (Wildman–Crippen MR) is 72.6 cm³/mol. The fraction of sp³-hybridized carbons (Fsp3) is 0.500. The number of pyridine rings is 1. The normalized spacial score (nSPS) is 14.9. The number of hydrogen-bond donors (Lipinski definition) is 2. The molecule has 0 aromatic carbocycles. The van der Waals surface area contributed by atoms with E-state index in [0.717, 1.165) is 23.5 Å². The van der Waals surface area contributed by atoms with Crippen molar-refractivity contribution in [3.05, 3.63) is 35.8 Å². The number of rotatable bonds is 5. The molecule has 0 saturated heterocycles. The Kier molecular flexibility index (Phi) is 3.68. The minimum Gasteiger partial charge on any atom is -0.389 e. The van der Waals surface area contributed by atoms with Gasteiger partial charge in [0.05, 0.1) is 17.0 Å². The quantitative estimate of drug-likeness (QED) is 0.848. The highest BCUT2D eigenvalue weighted by atomic mass is 16.3. The number of aromatic nitrogens is 2. The third-order valence-electron chi connectivity index (χ3n) is 3.39. The van der Waals surface area contributed by atoms with E-state index < -0.39 is 5.60 Å². The summed E-state index contributed by atoms with van der Waals surface area (Å²) in [7, 11) is 0. The van der Waals surface area contributed by atoms with Gasteiger partial charge in [-0.05, 0) is 32.4 Å². The van der Waals surface area contributed by atoms with Gasteiger partial charge in [-0.3, -0.25) is 0 Å². The van der Waals surface area contributed by atoms with Gasteiger partial charge in [0.2, 0.25) is 0 Å². The predicted octanol–water partition coefficient (Wildman–Crippen LogP) is 1.89. The Balaban J connectivity index is 2.10. The van der Waals surface area contributed by atoms with Crippen LogP contribution in [0.15, 0.2) is 24.4 Å². The lowest BCUT2D eigenvalue weighted by Gasteiger charge is -2.21. The molecule has 4 nitrogen and oxygen atoms in total. The van der Waals surface area contributed by atoms with Gasteiger partial charge in [0.15, 0.2) is 0 Å². The molecule has 0 aliphatic rings. The summed E-state index contributed by atoms with van der Waals surface area (Å²) in [6.45, 7) is 7.15. The molecule has 0 amide bonds. The van der Waals surface area contributed by atoms with Crippen LogP contribution in [-0.4, -0.2) is 26.6 Å². The number of fused-ring (bicyclic) bond motifs is 1. The van der Waals surface area contributed by atoms with Crippen LogP contribution >= 0.6 is 0 Å². The Labute approximate surface area is 108 Å². The molecule has 4 heteroatoms. The molecule has 2 heterocycles. The van der Waals surface area contributed by atoms with Crippen molar-refractivity contribution in [2.75, 3.05) is 6.54 Å². The van der Waals surface area contributed by atoms with E-state index in [9.17, 15) is 5.11 Å². The van der Waals surface area contributed by atoms with E-state index in [1.165, 1.54) is 0 Å². The van der Waals surface area contributed by atoms with Crippen LogP contribution in [0, 0.1) is 6.92 Å². The molecule has 1 unspecified atom stereocenters. The molecule has 0 radical (unpaired) electrons. The summed E-state index contributed by atoms with van der Waals surface area (Å²) in [6.07, 6.45) is 2.76. The van der Waals surface area contributed by atoms with Crippen molar-refractivity contribution >= 4 is 5.65 Å². The molecule has 2 N–H and O–H groups in total. The molecular formula is C14H21N3O. The fourth-order valence-electron chi connectivity index (χ4n) is 1.95. The van der Waals surface area contributed by atoms with Gasteiger partial charge < -0.3 is 14.8 Å². The standard InChI is InChI=1S/C14H21N3O/c1-4-14(3,18)10-15-9-12-11(2)16-13-7-5-6-8-17(12)13/h5-8,15,18H,4,9-10H2,1-3H3.